The Labute approximate surface area is 204 Å². The molecule has 180 valence electrons. The van der Waals surface area contributed by atoms with E-state index in [2.05, 4.69) is 44.9 Å². The van der Waals surface area contributed by atoms with E-state index in [1.165, 1.54) is 12.8 Å². The number of aliphatic hydroxyl groups excluding tert-OH is 1. The van der Waals surface area contributed by atoms with E-state index in [9.17, 15) is 5.11 Å². The molecule has 34 heavy (non-hydrogen) atoms. The number of hydrogen-bond donors (Lipinski definition) is 2. The van der Waals surface area contributed by atoms with E-state index in [-0.39, 0.29) is 6.04 Å². The van der Waals surface area contributed by atoms with Gasteiger partial charge in [0, 0.05) is 22.6 Å². The van der Waals surface area contributed by atoms with Crippen LogP contribution >= 0.6 is 11.6 Å². The van der Waals surface area contributed by atoms with Crippen LogP contribution in [0.15, 0.2) is 24.5 Å². The maximum atomic E-state index is 10.3. The van der Waals surface area contributed by atoms with Gasteiger partial charge in [0.25, 0.3) is 0 Å². The van der Waals surface area contributed by atoms with Crippen LogP contribution in [-0.4, -0.2) is 67.7 Å². The van der Waals surface area contributed by atoms with E-state index in [0.717, 1.165) is 52.3 Å². The molecule has 0 bridgehead atoms. The molecule has 4 atom stereocenters. The van der Waals surface area contributed by atoms with Gasteiger partial charge >= 0.3 is 0 Å². The van der Waals surface area contributed by atoms with Crippen LogP contribution in [0.5, 0.6) is 0 Å². The molecule has 1 aliphatic carbocycles. The van der Waals surface area contributed by atoms with Gasteiger partial charge in [-0.25, -0.2) is 9.97 Å². The third kappa shape index (κ3) is 4.06. The lowest BCUT2D eigenvalue weighted by molar-refractivity contribution is 0.0352. The van der Waals surface area contributed by atoms with E-state index in [1.807, 2.05) is 18.5 Å². The number of nitrogens with one attached hydrogen (secondary N) is 1. The van der Waals surface area contributed by atoms with Gasteiger partial charge in [-0.1, -0.05) is 11.6 Å². The number of halogens is 1. The first-order chi connectivity index (χ1) is 16.5. The minimum atomic E-state index is -0.397. The monoisotopic (exact) mass is 482 g/mol. The molecule has 2 aromatic heterocycles. The highest BCUT2D eigenvalue weighted by Crippen LogP contribution is 2.39. The largest absolute Gasteiger partial charge is 0.389 e. The Morgan fingerprint density at radius 2 is 2.03 bits per heavy atom. The van der Waals surface area contributed by atoms with E-state index in [1.54, 1.807) is 0 Å². The summed E-state index contributed by atoms with van der Waals surface area (Å²) in [6, 6.07) is 5.09. The van der Waals surface area contributed by atoms with Crippen molar-refractivity contribution >= 4 is 34.1 Å². The van der Waals surface area contributed by atoms with Gasteiger partial charge in [0.15, 0.2) is 0 Å². The average Bonchev–Trinajstić information content (AvgIpc) is 3.48. The molecule has 6 rings (SSSR count). The van der Waals surface area contributed by atoms with Crippen molar-refractivity contribution in [3.8, 4) is 0 Å². The zero-order chi connectivity index (χ0) is 23.4. The topological polar surface area (TPSA) is 88.3 Å². The highest BCUT2D eigenvalue weighted by Gasteiger charge is 2.38. The summed E-state index contributed by atoms with van der Waals surface area (Å²) in [7, 11) is 0. The number of anilines is 2. The Hall–Kier alpha value is -2.26. The van der Waals surface area contributed by atoms with Gasteiger partial charge in [-0.15, -0.1) is 0 Å². The van der Waals surface area contributed by atoms with Gasteiger partial charge in [-0.2, -0.15) is 5.10 Å². The summed E-state index contributed by atoms with van der Waals surface area (Å²) >= 11 is 6.74. The maximum absolute atomic E-state index is 10.3. The summed E-state index contributed by atoms with van der Waals surface area (Å²) in [5, 5.41) is 19.8. The third-order valence-corrected chi connectivity index (χ3v) is 8.02. The number of benzene rings is 1. The fraction of sp³-hybridized carbons (Fsp3) is 0.560. The van der Waals surface area contributed by atoms with Crippen LogP contribution in [-0.2, 0) is 4.74 Å². The SMILES string of the molecule is Cc1c(Nc2ncc3cc(Cl)c(C4CCN(C5COCC5O)C(C)C4)cc3n2)cnn1C1CC1. The van der Waals surface area contributed by atoms with Crippen molar-refractivity contribution in [3.05, 3.63) is 40.8 Å². The van der Waals surface area contributed by atoms with Crippen LogP contribution in [0.1, 0.15) is 55.8 Å². The molecular weight excluding hydrogens is 452 g/mol. The average molecular weight is 483 g/mol. The van der Waals surface area contributed by atoms with Crippen LogP contribution < -0.4 is 5.32 Å². The van der Waals surface area contributed by atoms with Crippen molar-refractivity contribution in [1.29, 1.82) is 0 Å². The Morgan fingerprint density at radius 1 is 1.18 bits per heavy atom. The number of aliphatic hydroxyl groups is 1. The van der Waals surface area contributed by atoms with Crippen molar-refractivity contribution in [2.75, 3.05) is 25.1 Å². The molecule has 4 heterocycles. The summed E-state index contributed by atoms with van der Waals surface area (Å²) in [4.78, 5) is 11.7. The minimum absolute atomic E-state index is 0.0946. The van der Waals surface area contributed by atoms with Crippen LogP contribution in [0.25, 0.3) is 10.9 Å². The number of ether oxygens (including phenoxy) is 1. The summed E-state index contributed by atoms with van der Waals surface area (Å²) in [5.41, 5.74) is 4.09. The molecule has 8 nitrogen and oxygen atoms in total. The number of piperidine rings is 1. The quantitative estimate of drug-likeness (QED) is 0.563. The molecule has 3 aromatic rings. The summed E-state index contributed by atoms with van der Waals surface area (Å²) in [6.07, 6.45) is 7.67. The first kappa shape index (κ1) is 22.2. The van der Waals surface area contributed by atoms with Crippen LogP contribution in [0, 0.1) is 6.92 Å². The van der Waals surface area contributed by atoms with E-state index < -0.39 is 6.10 Å². The Balaban J connectivity index is 1.22. The molecule has 2 saturated heterocycles. The molecule has 9 heteroatoms. The second-order valence-corrected chi connectivity index (χ2v) is 10.5. The van der Waals surface area contributed by atoms with E-state index in [4.69, 9.17) is 21.3 Å². The Kier molecular flexibility index (Phi) is 5.72. The smallest absolute Gasteiger partial charge is 0.227 e. The van der Waals surface area contributed by atoms with Crippen molar-refractivity contribution in [1.82, 2.24) is 24.6 Å². The van der Waals surface area contributed by atoms with Crippen LogP contribution in [0.2, 0.25) is 5.02 Å². The third-order valence-electron chi connectivity index (χ3n) is 7.70. The number of fused-ring (bicyclic) bond motifs is 1. The van der Waals surface area contributed by atoms with Crippen LogP contribution in [0.4, 0.5) is 11.6 Å². The van der Waals surface area contributed by atoms with Gasteiger partial charge in [0.1, 0.15) is 0 Å². The highest BCUT2D eigenvalue weighted by molar-refractivity contribution is 6.32. The number of likely N-dealkylation sites (tertiary alicyclic amines) is 1. The van der Waals surface area contributed by atoms with Gasteiger partial charge in [-0.05, 0) is 69.7 Å². The first-order valence-electron chi connectivity index (χ1n) is 12.3. The Morgan fingerprint density at radius 3 is 2.76 bits per heavy atom. The predicted molar refractivity (Wildman–Crippen MR) is 132 cm³/mol. The van der Waals surface area contributed by atoms with Gasteiger partial charge in [-0.3, -0.25) is 9.58 Å². The highest BCUT2D eigenvalue weighted by atomic mass is 35.5. The molecule has 0 spiro atoms. The zero-order valence-corrected chi connectivity index (χ0v) is 20.4. The first-order valence-corrected chi connectivity index (χ1v) is 12.6. The predicted octanol–water partition coefficient (Wildman–Crippen LogP) is 4.19. The zero-order valence-electron chi connectivity index (χ0n) is 19.6. The standard InChI is InChI=1S/C25H31ClN6O2/c1-14-7-16(5-6-31(14)23-12-34-13-24(23)33)19-9-21-17(8-20(19)26)10-27-25(29-21)30-22-11-28-32(15(22)2)18-3-4-18/h8-11,14,16,18,23-24,33H,3-7,12-13H2,1-2H3,(H,27,29,30). The van der Waals surface area contributed by atoms with Crippen molar-refractivity contribution in [2.24, 2.45) is 0 Å². The molecule has 2 N–H and O–H groups in total. The lowest BCUT2D eigenvalue weighted by atomic mass is 9.84. The molecule has 2 aliphatic heterocycles. The number of nitrogens with zero attached hydrogens (tertiary/aromatic N) is 5. The second kappa shape index (κ2) is 8.75. The summed E-state index contributed by atoms with van der Waals surface area (Å²) < 4.78 is 7.58. The van der Waals surface area contributed by atoms with Gasteiger partial charge in [0.05, 0.1) is 54.5 Å². The molecule has 3 aliphatic rings. The minimum Gasteiger partial charge on any atom is -0.389 e. The van der Waals surface area contributed by atoms with Crippen molar-refractivity contribution < 1.29 is 9.84 Å². The number of hydrogen-bond acceptors (Lipinski definition) is 7. The fourth-order valence-corrected chi connectivity index (χ4v) is 5.93. The van der Waals surface area contributed by atoms with Crippen molar-refractivity contribution in [3.63, 3.8) is 0 Å². The molecule has 1 saturated carbocycles. The summed E-state index contributed by atoms with van der Waals surface area (Å²) in [6.45, 7) is 6.28. The number of aromatic nitrogens is 4. The molecule has 1 aromatic carbocycles. The Bertz CT molecular complexity index is 1210. The lowest BCUT2D eigenvalue weighted by Gasteiger charge is -2.42. The summed E-state index contributed by atoms with van der Waals surface area (Å²) in [5.74, 6) is 0.922. The molecule has 0 radical (unpaired) electrons. The lowest BCUT2D eigenvalue weighted by Crippen LogP contribution is -2.51. The number of rotatable bonds is 5. The molecule has 4 unspecified atom stereocenters. The molecule has 0 amide bonds. The van der Waals surface area contributed by atoms with Crippen LogP contribution in [0.3, 0.4) is 0 Å². The molecular formula is C25H31ClN6O2. The van der Waals surface area contributed by atoms with Gasteiger partial charge < -0.3 is 15.2 Å². The molecule has 3 fully saturated rings. The van der Waals surface area contributed by atoms with E-state index in [0.29, 0.717) is 37.2 Å². The second-order valence-electron chi connectivity index (χ2n) is 10.1. The van der Waals surface area contributed by atoms with E-state index >= 15 is 0 Å². The maximum Gasteiger partial charge on any atom is 0.227 e. The fourth-order valence-electron chi connectivity index (χ4n) is 5.61. The normalized spacial score (nSPS) is 28.0. The van der Waals surface area contributed by atoms with Crippen molar-refractivity contribution in [2.45, 2.75) is 69.7 Å². The van der Waals surface area contributed by atoms with Gasteiger partial charge in [0.2, 0.25) is 5.95 Å².